The summed E-state index contributed by atoms with van der Waals surface area (Å²) in [5.41, 5.74) is 1.45. The van der Waals surface area contributed by atoms with E-state index in [4.69, 9.17) is 4.42 Å². The second kappa shape index (κ2) is 7.89. The van der Waals surface area contributed by atoms with Crippen LogP contribution < -0.4 is 5.32 Å². The maximum absolute atomic E-state index is 13.4. The van der Waals surface area contributed by atoms with E-state index in [2.05, 4.69) is 14.7 Å². The number of nitrogens with one attached hydrogen (secondary N) is 1. The van der Waals surface area contributed by atoms with Crippen molar-refractivity contribution in [3.63, 3.8) is 0 Å². The van der Waals surface area contributed by atoms with Crippen molar-refractivity contribution in [2.24, 2.45) is 4.36 Å². The molecule has 1 N–H and O–H groups in total. The fourth-order valence-electron chi connectivity index (χ4n) is 3.01. The van der Waals surface area contributed by atoms with Crippen LogP contribution in [0.2, 0.25) is 0 Å². The van der Waals surface area contributed by atoms with Crippen molar-refractivity contribution in [2.45, 2.75) is 16.3 Å². The SMILES string of the molecule is CN=S(=O)(c1ccccc1)c1ccc(CNC(=O)c2cc3ccncc3o2)cc1. The summed E-state index contributed by atoms with van der Waals surface area (Å²) >= 11 is 0. The van der Waals surface area contributed by atoms with Gasteiger partial charge >= 0.3 is 0 Å². The van der Waals surface area contributed by atoms with Crippen molar-refractivity contribution < 1.29 is 13.4 Å². The van der Waals surface area contributed by atoms with Crippen LogP contribution in [-0.4, -0.2) is 22.1 Å². The summed E-state index contributed by atoms with van der Waals surface area (Å²) in [6.07, 6.45) is 3.23. The minimum Gasteiger partial charge on any atom is -0.449 e. The molecule has 1 amide bonds. The topological polar surface area (TPSA) is 84.6 Å². The zero-order valence-corrected chi connectivity index (χ0v) is 16.6. The van der Waals surface area contributed by atoms with E-state index >= 15 is 0 Å². The molecule has 7 heteroatoms. The standard InChI is InChI=1S/C22H19N3O3S/c1-23-29(27,18-5-3-2-4-6-18)19-9-7-16(8-10-19)14-25-22(26)20-13-17-11-12-24-15-21(17)28-20/h2-13,15H,14H2,1H3,(H,25,26). The largest absolute Gasteiger partial charge is 0.449 e. The number of carbonyl (C=O) groups is 1. The lowest BCUT2D eigenvalue weighted by Gasteiger charge is -2.11. The van der Waals surface area contributed by atoms with Crippen LogP contribution >= 0.6 is 0 Å². The molecule has 6 nitrogen and oxygen atoms in total. The Morgan fingerprint density at radius 3 is 2.48 bits per heavy atom. The third-order valence-corrected chi connectivity index (χ3v) is 6.90. The Balaban J connectivity index is 1.48. The first-order chi connectivity index (χ1) is 14.1. The van der Waals surface area contributed by atoms with Gasteiger partial charge in [-0.15, -0.1) is 0 Å². The van der Waals surface area contributed by atoms with Gasteiger partial charge < -0.3 is 9.73 Å². The first-order valence-corrected chi connectivity index (χ1v) is 10.5. The van der Waals surface area contributed by atoms with E-state index in [1.807, 2.05) is 42.5 Å². The number of furan rings is 1. The number of hydrogen-bond acceptors (Lipinski definition) is 5. The van der Waals surface area contributed by atoms with Gasteiger partial charge in [-0.05, 0) is 42.0 Å². The van der Waals surface area contributed by atoms with Crippen LogP contribution in [0.3, 0.4) is 0 Å². The smallest absolute Gasteiger partial charge is 0.287 e. The Labute approximate surface area is 168 Å². The molecule has 0 aliphatic carbocycles. The highest BCUT2D eigenvalue weighted by Gasteiger charge is 2.15. The molecule has 4 aromatic rings. The van der Waals surface area contributed by atoms with E-state index in [-0.39, 0.29) is 11.7 Å². The molecule has 1 atom stereocenters. The van der Waals surface area contributed by atoms with Gasteiger partial charge in [-0.1, -0.05) is 30.3 Å². The molecule has 0 aliphatic rings. The van der Waals surface area contributed by atoms with Crippen LogP contribution in [-0.2, 0) is 16.3 Å². The summed E-state index contributed by atoms with van der Waals surface area (Å²) < 4.78 is 23.0. The maximum Gasteiger partial charge on any atom is 0.287 e. The molecule has 1 unspecified atom stereocenters. The molecule has 0 aliphatic heterocycles. The highest BCUT2D eigenvalue weighted by atomic mass is 32.2. The summed E-state index contributed by atoms with van der Waals surface area (Å²) in [6.45, 7) is 0.324. The minimum absolute atomic E-state index is 0.238. The van der Waals surface area contributed by atoms with Crippen LogP contribution in [0.1, 0.15) is 16.1 Å². The van der Waals surface area contributed by atoms with E-state index in [1.165, 1.54) is 0 Å². The second-order valence-corrected chi connectivity index (χ2v) is 8.73. The van der Waals surface area contributed by atoms with Crippen molar-refractivity contribution >= 4 is 26.6 Å². The lowest BCUT2D eigenvalue weighted by atomic mass is 10.2. The van der Waals surface area contributed by atoms with Gasteiger partial charge in [0.15, 0.2) is 11.3 Å². The zero-order chi connectivity index (χ0) is 20.3. The van der Waals surface area contributed by atoms with E-state index in [9.17, 15) is 9.00 Å². The average Bonchev–Trinajstić information content (AvgIpc) is 3.22. The number of benzene rings is 2. The van der Waals surface area contributed by atoms with Crippen LogP contribution in [0.15, 0.2) is 97.7 Å². The van der Waals surface area contributed by atoms with Gasteiger partial charge in [0, 0.05) is 25.2 Å². The number of nitrogens with zero attached hydrogens (tertiary/aromatic N) is 2. The van der Waals surface area contributed by atoms with Gasteiger partial charge in [0.05, 0.1) is 16.0 Å². The molecule has 2 heterocycles. The predicted octanol–water partition coefficient (Wildman–Crippen LogP) is 4.27. The number of pyridine rings is 1. The molecular weight excluding hydrogens is 386 g/mol. The molecule has 0 saturated heterocycles. The first kappa shape index (κ1) is 18.9. The van der Waals surface area contributed by atoms with Crippen molar-refractivity contribution in [1.29, 1.82) is 0 Å². The van der Waals surface area contributed by atoms with Crippen LogP contribution in [0.4, 0.5) is 0 Å². The van der Waals surface area contributed by atoms with Crippen molar-refractivity contribution in [3.8, 4) is 0 Å². The average molecular weight is 405 g/mol. The van der Waals surface area contributed by atoms with Gasteiger partial charge in [0.2, 0.25) is 0 Å². The van der Waals surface area contributed by atoms with Crippen LogP contribution in [0, 0.1) is 0 Å². The Hall–Kier alpha value is -3.45. The summed E-state index contributed by atoms with van der Waals surface area (Å²) in [5.74, 6) is -0.0663. The Morgan fingerprint density at radius 2 is 1.79 bits per heavy atom. The lowest BCUT2D eigenvalue weighted by Crippen LogP contribution is -2.22. The molecule has 2 aromatic carbocycles. The summed E-state index contributed by atoms with van der Waals surface area (Å²) in [6, 6.07) is 19.9. The number of rotatable bonds is 5. The third kappa shape index (κ3) is 3.77. The molecule has 29 heavy (non-hydrogen) atoms. The maximum atomic E-state index is 13.4. The monoisotopic (exact) mass is 405 g/mol. The number of aromatic nitrogens is 1. The number of fused-ring (bicyclic) bond motifs is 1. The van der Waals surface area contributed by atoms with Crippen molar-refractivity contribution in [2.75, 3.05) is 7.05 Å². The highest BCUT2D eigenvalue weighted by Crippen LogP contribution is 2.23. The molecule has 0 bridgehead atoms. The van der Waals surface area contributed by atoms with Crippen LogP contribution in [0.5, 0.6) is 0 Å². The Morgan fingerprint density at radius 1 is 1.07 bits per heavy atom. The molecule has 2 aromatic heterocycles. The Kier molecular flexibility index (Phi) is 5.14. The molecule has 146 valence electrons. The number of amides is 1. The molecule has 0 spiro atoms. The fourth-order valence-corrected chi connectivity index (χ4v) is 4.73. The van der Waals surface area contributed by atoms with E-state index < -0.39 is 9.73 Å². The third-order valence-electron chi connectivity index (χ3n) is 4.56. The molecule has 0 saturated carbocycles. The summed E-state index contributed by atoms with van der Waals surface area (Å²) in [4.78, 5) is 17.6. The Bertz CT molecular complexity index is 1240. The second-order valence-electron chi connectivity index (χ2n) is 6.37. The van der Waals surface area contributed by atoms with Gasteiger partial charge in [-0.3, -0.25) is 9.78 Å². The summed E-state index contributed by atoms with van der Waals surface area (Å²) in [5, 5.41) is 3.66. The van der Waals surface area contributed by atoms with Crippen LogP contribution in [0.25, 0.3) is 11.0 Å². The fraction of sp³-hybridized carbons (Fsp3) is 0.0909. The van der Waals surface area contributed by atoms with E-state index in [0.29, 0.717) is 21.9 Å². The van der Waals surface area contributed by atoms with Gasteiger partial charge in [-0.2, -0.15) is 0 Å². The summed E-state index contributed by atoms with van der Waals surface area (Å²) in [7, 11) is -1.11. The van der Waals surface area contributed by atoms with Crippen molar-refractivity contribution in [3.05, 3.63) is 90.4 Å². The lowest BCUT2D eigenvalue weighted by molar-refractivity contribution is 0.0925. The van der Waals surface area contributed by atoms with E-state index in [1.54, 1.807) is 43.7 Å². The number of hydrogen-bond donors (Lipinski definition) is 1. The van der Waals surface area contributed by atoms with Crippen molar-refractivity contribution in [1.82, 2.24) is 10.3 Å². The quantitative estimate of drug-likeness (QED) is 0.537. The van der Waals surface area contributed by atoms with E-state index in [0.717, 1.165) is 10.9 Å². The molecule has 0 radical (unpaired) electrons. The first-order valence-electron chi connectivity index (χ1n) is 9.01. The molecule has 4 rings (SSSR count). The molecule has 0 fully saturated rings. The van der Waals surface area contributed by atoms with Gasteiger partial charge in [-0.25, -0.2) is 8.57 Å². The highest BCUT2D eigenvalue weighted by molar-refractivity contribution is 7.93. The minimum atomic E-state index is -2.67. The normalized spacial score (nSPS) is 13.0. The van der Waals surface area contributed by atoms with Gasteiger partial charge in [0.25, 0.3) is 5.91 Å². The zero-order valence-electron chi connectivity index (χ0n) is 15.7. The van der Waals surface area contributed by atoms with Gasteiger partial charge in [0.1, 0.15) is 9.73 Å². The molecular formula is C22H19N3O3S. The predicted molar refractivity (Wildman–Crippen MR) is 111 cm³/mol. The number of carbonyl (C=O) groups excluding carboxylic acids is 1.